The molecule has 0 aromatic rings. The summed E-state index contributed by atoms with van der Waals surface area (Å²) in [6.07, 6.45) is 1.50. The second-order valence-electron chi connectivity index (χ2n) is 4.20. The lowest BCUT2D eigenvalue weighted by atomic mass is 10.0. The topological polar surface area (TPSA) is 92.5 Å². The van der Waals surface area contributed by atoms with Crippen molar-refractivity contribution in [3.05, 3.63) is 12.7 Å². The summed E-state index contributed by atoms with van der Waals surface area (Å²) in [6.45, 7) is 8.60. The van der Waals surface area contributed by atoms with Gasteiger partial charge in [-0.2, -0.15) is 12.7 Å². The van der Waals surface area contributed by atoms with E-state index in [0.29, 0.717) is 0 Å². The summed E-state index contributed by atoms with van der Waals surface area (Å²) in [5.41, 5.74) is 5.59. The summed E-state index contributed by atoms with van der Waals surface area (Å²) in [4.78, 5) is 11.6. The Kier molecular flexibility index (Phi) is 5.80. The van der Waals surface area contributed by atoms with Crippen molar-refractivity contribution >= 4 is 16.1 Å². The van der Waals surface area contributed by atoms with Gasteiger partial charge in [-0.25, -0.2) is 4.72 Å². The van der Waals surface area contributed by atoms with E-state index in [1.54, 1.807) is 20.8 Å². The normalized spacial score (nSPS) is 15.7. The molecule has 100 valence electrons. The van der Waals surface area contributed by atoms with Crippen LogP contribution in [-0.2, 0) is 15.0 Å². The maximum atomic E-state index is 11.7. The van der Waals surface area contributed by atoms with Crippen molar-refractivity contribution < 1.29 is 13.2 Å². The molecule has 0 bridgehead atoms. The van der Waals surface area contributed by atoms with Crippen LogP contribution in [0.1, 0.15) is 20.8 Å². The van der Waals surface area contributed by atoms with Crippen LogP contribution in [0.2, 0.25) is 0 Å². The Morgan fingerprint density at radius 3 is 2.24 bits per heavy atom. The van der Waals surface area contributed by atoms with Crippen LogP contribution in [0.3, 0.4) is 0 Å². The van der Waals surface area contributed by atoms with Crippen LogP contribution in [0.25, 0.3) is 0 Å². The zero-order valence-electron chi connectivity index (χ0n) is 10.7. The van der Waals surface area contributed by atoms with Gasteiger partial charge in [-0.3, -0.25) is 4.79 Å². The van der Waals surface area contributed by atoms with E-state index in [2.05, 4.69) is 6.58 Å². The fourth-order valence-electron chi connectivity index (χ4n) is 0.930. The predicted molar refractivity (Wildman–Crippen MR) is 67.3 cm³/mol. The molecule has 1 amide bonds. The fraction of sp³-hybridized carbons (Fsp3) is 0.700. The quantitative estimate of drug-likeness (QED) is 0.651. The van der Waals surface area contributed by atoms with Crippen molar-refractivity contribution in [2.45, 2.75) is 32.9 Å². The molecule has 17 heavy (non-hydrogen) atoms. The largest absolute Gasteiger partial charge is 0.319 e. The number of nitrogens with zero attached hydrogens (tertiary/aromatic N) is 1. The molecule has 0 heterocycles. The van der Waals surface area contributed by atoms with Gasteiger partial charge in [0.05, 0.1) is 6.04 Å². The van der Waals surface area contributed by atoms with E-state index in [0.717, 1.165) is 4.31 Å². The number of hydrogen-bond acceptors (Lipinski definition) is 4. The summed E-state index contributed by atoms with van der Waals surface area (Å²) < 4.78 is 26.4. The molecule has 0 fully saturated rings. The van der Waals surface area contributed by atoms with Gasteiger partial charge >= 0.3 is 10.2 Å². The highest BCUT2D eigenvalue weighted by molar-refractivity contribution is 7.87. The third-order valence-corrected chi connectivity index (χ3v) is 4.22. The minimum atomic E-state index is -3.83. The van der Waals surface area contributed by atoms with Gasteiger partial charge in [0.15, 0.2) is 0 Å². The van der Waals surface area contributed by atoms with Crippen molar-refractivity contribution in [2.75, 3.05) is 7.05 Å². The highest BCUT2D eigenvalue weighted by Gasteiger charge is 2.27. The van der Waals surface area contributed by atoms with Crippen LogP contribution in [-0.4, -0.2) is 37.8 Å². The molecule has 0 saturated carbocycles. The average molecular weight is 263 g/mol. The van der Waals surface area contributed by atoms with Crippen LogP contribution >= 0.6 is 0 Å². The molecule has 0 rings (SSSR count). The number of rotatable bonds is 6. The summed E-state index contributed by atoms with van der Waals surface area (Å²) in [6, 6.07) is -1.17. The molecule has 0 aliphatic heterocycles. The number of nitrogens with one attached hydrogen (secondary N) is 1. The highest BCUT2D eigenvalue weighted by atomic mass is 32.2. The van der Waals surface area contributed by atoms with Crippen molar-refractivity contribution in [1.29, 1.82) is 0 Å². The zero-order valence-corrected chi connectivity index (χ0v) is 11.5. The Labute approximate surface area is 103 Å². The van der Waals surface area contributed by atoms with Gasteiger partial charge in [0, 0.05) is 13.1 Å². The average Bonchev–Trinajstić information content (AvgIpc) is 2.24. The van der Waals surface area contributed by atoms with Crippen molar-refractivity contribution in [3.63, 3.8) is 0 Å². The molecule has 0 aromatic heterocycles. The van der Waals surface area contributed by atoms with Gasteiger partial charge in [0.25, 0.3) is 5.91 Å². The molecule has 0 aliphatic carbocycles. The van der Waals surface area contributed by atoms with Crippen LogP contribution in [0.15, 0.2) is 12.7 Å². The summed E-state index contributed by atoms with van der Waals surface area (Å²) >= 11 is 0. The van der Waals surface area contributed by atoms with Gasteiger partial charge < -0.3 is 5.73 Å². The first-order valence-electron chi connectivity index (χ1n) is 5.31. The van der Waals surface area contributed by atoms with E-state index in [-0.39, 0.29) is 12.0 Å². The third kappa shape index (κ3) is 4.45. The molecule has 0 spiro atoms. The number of nitrogens with two attached hydrogens (primary N) is 1. The first kappa shape index (κ1) is 16.1. The van der Waals surface area contributed by atoms with E-state index in [4.69, 9.17) is 5.73 Å². The number of carbonyl (C=O) groups excluding carboxylic acids is 1. The van der Waals surface area contributed by atoms with Gasteiger partial charge in [-0.15, -0.1) is 6.58 Å². The first-order chi connectivity index (χ1) is 7.63. The summed E-state index contributed by atoms with van der Waals surface area (Å²) in [5, 5.41) is 0. The Morgan fingerprint density at radius 1 is 1.41 bits per heavy atom. The monoisotopic (exact) mass is 263 g/mol. The number of carbonyl (C=O) groups is 1. The second kappa shape index (κ2) is 6.13. The highest BCUT2D eigenvalue weighted by Crippen LogP contribution is 2.04. The SMILES string of the molecule is C=CC(C)C(N)C(=O)NS(=O)(=O)N(C)C(C)C. The number of hydrogen-bond donors (Lipinski definition) is 2. The van der Waals surface area contributed by atoms with Gasteiger partial charge in [0.2, 0.25) is 0 Å². The van der Waals surface area contributed by atoms with E-state index >= 15 is 0 Å². The van der Waals surface area contributed by atoms with Crippen molar-refractivity contribution in [3.8, 4) is 0 Å². The molecule has 2 atom stereocenters. The zero-order chi connectivity index (χ0) is 13.8. The van der Waals surface area contributed by atoms with Crippen LogP contribution in [0.5, 0.6) is 0 Å². The van der Waals surface area contributed by atoms with Crippen molar-refractivity contribution in [2.24, 2.45) is 11.7 Å². The maximum absolute atomic E-state index is 11.7. The minimum Gasteiger partial charge on any atom is -0.319 e. The molecule has 6 nitrogen and oxygen atoms in total. The molecule has 0 aromatic carbocycles. The van der Waals surface area contributed by atoms with Gasteiger partial charge in [0.1, 0.15) is 0 Å². The minimum absolute atomic E-state index is 0.242. The summed E-state index contributed by atoms with van der Waals surface area (Å²) in [7, 11) is -2.43. The summed E-state index contributed by atoms with van der Waals surface area (Å²) in [5.74, 6) is -1.03. The molecule has 3 N–H and O–H groups in total. The molecule has 7 heteroatoms. The lowest BCUT2D eigenvalue weighted by Gasteiger charge is -2.23. The molecular weight excluding hydrogens is 242 g/mol. The van der Waals surface area contributed by atoms with E-state index < -0.39 is 22.2 Å². The van der Waals surface area contributed by atoms with Crippen LogP contribution in [0, 0.1) is 5.92 Å². The third-order valence-electron chi connectivity index (χ3n) is 2.58. The van der Waals surface area contributed by atoms with Crippen LogP contribution in [0.4, 0.5) is 0 Å². The lowest BCUT2D eigenvalue weighted by Crippen LogP contribution is -2.51. The molecule has 0 radical (unpaired) electrons. The maximum Gasteiger partial charge on any atom is 0.303 e. The molecule has 2 unspecified atom stereocenters. The van der Waals surface area contributed by atoms with Crippen molar-refractivity contribution in [1.82, 2.24) is 9.03 Å². The van der Waals surface area contributed by atoms with Gasteiger partial charge in [-0.1, -0.05) is 13.0 Å². The molecule has 0 aliphatic rings. The van der Waals surface area contributed by atoms with E-state index in [1.165, 1.54) is 13.1 Å². The Morgan fingerprint density at radius 2 is 1.88 bits per heavy atom. The van der Waals surface area contributed by atoms with E-state index in [1.807, 2.05) is 4.72 Å². The standard InChI is InChI=1S/C10H21N3O3S/c1-6-8(4)9(11)10(14)12-17(15,16)13(5)7(2)3/h6-9H,1,11H2,2-5H3,(H,12,14). The molecule has 0 saturated heterocycles. The Balaban J connectivity index is 4.75. The first-order valence-corrected chi connectivity index (χ1v) is 6.75. The van der Waals surface area contributed by atoms with Crippen LogP contribution < -0.4 is 10.5 Å². The second-order valence-corrected chi connectivity index (χ2v) is 5.93. The van der Waals surface area contributed by atoms with E-state index in [9.17, 15) is 13.2 Å². The molecular formula is C10H21N3O3S. The Bertz CT molecular complexity index is 378. The number of amides is 1. The lowest BCUT2D eigenvalue weighted by molar-refractivity contribution is -0.121. The smallest absolute Gasteiger partial charge is 0.303 e. The predicted octanol–water partition coefficient (Wildman–Crippen LogP) is -0.163. The van der Waals surface area contributed by atoms with Gasteiger partial charge in [-0.05, 0) is 19.8 Å². The Hall–Kier alpha value is -0.920. The fourth-order valence-corrected chi connectivity index (χ4v) is 2.02.